The summed E-state index contributed by atoms with van der Waals surface area (Å²) in [6, 6.07) is 15.5. The fourth-order valence-electron chi connectivity index (χ4n) is 4.00. The van der Waals surface area contributed by atoms with E-state index in [-0.39, 0.29) is 17.9 Å². The number of carbonyl (C=O) groups is 2. The standard InChI is InChI=1S/C26H24BrN3O4/c1-29(2)19-7-4-17(5-8-19)23-22(24(31)18-6-9-21(34-3)20(27)14-18)25(32)26(33)30(23)15-16-10-12-28-13-11-16/h4-14,23,31H,15H2,1-3H3/b24-22-. The van der Waals surface area contributed by atoms with Crippen LogP contribution in [0.2, 0.25) is 0 Å². The molecule has 0 bridgehead atoms. The number of rotatable bonds is 6. The fourth-order valence-corrected chi connectivity index (χ4v) is 4.54. The number of ether oxygens (including phenoxy) is 1. The summed E-state index contributed by atoms with van der Waals surface area (Å²) < 4.78 is 5.89. The number of aromatic nitrogens is 1. The number of Topliss-reactive ketones (excluding diaryl/α,β-unsaturated/α-hetero) is 1. The highest BCUT2D eigenvalue weighted by Gasteiger charge is 2.46. The van der Waals surface area contributed by atoms with E-state index in [0.29, 0.717) is 15.8 Å². The molecule has 1 amide bonds. The number of nitrogens with zero attached hydrogens (tertiary/aromatic N) is 3. The fraction of sp³-hybridized carbons (Fsp3) is 0.192. The smallest absolute Gasteiger partial charge is 0.295 e. The van der Waals surface area contributed by atoms with Crippen molar-refractivity contribution in [3.05, 3.63) is 93.7 Å². The molecule has 3 aromatic rings. The molecule has 2 aromatic carbocycles. The van der Waals surface area contributed by atoms with Crippen LogP contribution in [-0.2, 0) is 16.1 Å². The zero-order valence-electron chi connectivity index (χ0n) is 19.0. The van der Waals surface area contributed by atoms with Gasteiger partial charge in [0.2, 0.25) is 0 Å². The van der Waals surface area contributed by atoms with Crippen molar-refractivity contribution in [2.75, 3.05) is 26.1 Å². The highest BCUT2D eigenvalue weighted by molar-refractivity contribution is 9.10. The predicted octanol–water partition coefficient (Wildman–Crippen LogP) is 4.54. The van der Waals surface area contributed by atoms with Gasteiger partial charge in [0.1, 0.15) is 11.5 Å². The molecule has 1 aromatic heterocycles. The van der Waals surface area contributed by atoms with Crippen LogP contribution in [0.4, 0.5) is 5.69 Å². The molecule has 1 unspecified atom stereocenters. The molecule has 1 aliphatic heterocycles. The number of carbonyl (C=O) groups excluding carboxylic acids is 2. The van der Waals surface area contributed by atoms with E-state index >= 15 is 0 Å². The highest BCUT2D eigenvalue weighted by Crippen LogP contribution is 2.41. The van der Waals surface area contributed by atoms with Crippen LogP contribution in [0, 0.1) is 0 Å². The van der Waals surface area contributed by atoms with E-state index in [2.05, 4.69) is 20.9 Å². The van der Waals surface area contributed by atoms with E-state index in [0.717, 1.165) is 16.8 Å². The van der Waals surface area contributed by atoms with Crippen molar-refractivity contribution in [3.63, 3.8) is 0 Å². The third-order valence-corrected chi connectivity index (χ3v) is 6.41. The molecule has 0 spiro atoms. The Morgan fingerprint density at radius 3 is 2.35 bits per heavy atom. The molecule has 7 nitrogen and oxygen atoms in total. The number of halogens is 1. The van der Waals surface area contributed by atoms with Crippen LogP contribution in [0.5, 0.6) is 5.75 Å². The van der Waals surface area contributed by atoms with Crippen molar-refractivity contribution in [1.29, 1.82) is 0 Å². The van der Waals surface area contributed by atoms with Gasteiger partial charge in [-0.3, -0.25) is 14.6 Å². The minimum atomic E-state index is -0.745. The topological polar surface area (TPSA) is 83.0 Å². The molecule has 1 aliphatic rings. The van der Waals surface area contributed by atoms with Gasteiger partial charge in [0.25, 0.3) is 11.7 Å². The van der Waals surface area contributed by atoms with Crippen molar-refractivity contribution < 1.29 is 19.4 Å². The Balaban J connectivity index is 1.85. The molecule has 2 heterocycles. The van der Waals surface area contributed by atoms with E-state index in [1.807, 2.05) is 43.3 Å². The summed E-state index contributed by atoms with van der Waals surface area (Å²) in [5.41, 5.74) is 3.00. The quantitative estimate of drug-likeness (QED) is 0.291. The van der Waals surface area contributed by atoms with E-state index in [4.69, 9.17) is 4.74 Å². The number of ketones is 1. The predicted molar refractivity (Wildman–Crippen MR) is 134 cm³/mol. The van der Waals surface area contributed by atoms with E-state index in [1.54, 1.807) is 49.8 Å². The number of likely N-dealkylation sites (tertiary alicyclic amines) is 1. The Hall–Kier alpha value is -3.65. The normalized spacial score (nSPS) is 17.2. The van der Waals surface area contributed by atoms with Crippen LogP contribution in [0.25, 0.3) is 5.76 Å². The van der Waals surface area contributed by atoms with Gasteiger partial charge in [-0.1, -0.05) is 12.1 Å². The van der Waals surface area contributed by atoms with Gasteiger partial charge >= 0.3 is 0 Å². The first-order chi connectivity index (χ1) is 16.3. The third-order valence-electron chi connectivity index (χ3n) is 5.79. The number of anilines is 1. The Morgan fingerprint density at radius 1 is 1.09 bits per heavy atom. The van der Waals surface area contributed by atoms with Gasteiger partial charge in [-0.2, -0.15) is 0 Å². The zero-order valence-corrected chi connectivity index (χ0v) is 20.6. The number of amides is 1. The van der Waals surface area contributed by atoms with Crippen LogP contribution in [0.15, 0.2) is 77.0 Å². The van der Waals surface area contributed by atoms with Gasteiger partial charge in [-0.05, 0) is 69.5 Å². The Morgan fingerprint density at radius 2 is 1.76 bits per heavy atom. The molecule has 0 saturated carbocycles. The summed E-state index contributed by atoms with van der Waals surface area (Å²) in [4.78, 5) is 33.9. The van der Waals surface area contributed by atoms with Crippen molar-refractivity contribution in [3.8, 4) is 5.75 Å². The van der Waals surface area contributed by atoms with Crippen molar-refractivity contribution in [2.24, 2.45) is 0 Å². The summed E-state index contributed by atoms with van der Waals surface area (Å²) in [6.07, 6.45) is 3.28. The number of hydrogen-bond donors (Lipinski definition) is 1. The van der Waals surface area contributed by atoms with Crippen LogP contribution in [-0.4, -0.2) is 47.9 Å². The first-order valence-electron chi connectivity index (χ1n) is 10.6. The summed E-state index contributed by atoms with van der Waals surface area (Å²) in [7, 11) is 5.42. The number of methoxy groups -OCH3 is 1. The summed E-state index contributed by atoms with van der Waals surface area (Å²) >= 11 is 3.42. The maximum Gasteiger partial charge on any atom is 0.295 e. The van der Waals surface area contributed by atoms with Crippen molar-refractivity contribution in [1.82, 2.24) is 9.88 Å². The maximum absolute atomic E-state index is 13.2. The molecular weight excluding hydrogens is 498 g/mol. The van der Waals surface area contributed by atoms with Gasteiger partial charge in [-0.25, -0.2) is 0 Å². The summed E-state index contributed by atoms with van der Waals surface area (Å²) in [6.45, 7) is 0.205. The van der Waals surface area contributed by atoms with Gasteiger partial charge in [-0.15, -0.1) is 0 Å². The average molecular weight is 522 g/mol. The monoisotopic (exact) mass is 521 g/mol. The largest absolute Gasteiger partial charge is 0.507 e. The molecule has 4 rings (SSSR count). The van der Waals surface area contributed by atoms with Crippen LogP contribution < -0.4 is 9.64 Å². The lowest BCUT2D eigenvalue weighted by Gasteiger charge is -2.26. The molecule has 1 N–H and O–H groups in total. The molecule has 1 saturated heterocycles. The number of pyridine rings is 1. The number of aliphatic hydroxyl groups is 1. The molecular formula is C26H24BrN3O4. The molecule has 34 heavy (non-hydrogen) atoms. The van der Waals surface area contributed by atoms with Crippen LogP contribution >= 0.6 is 15.9 Å². The lowest BCUT2D eigenvalue weighted by molar-refractivity contribution is -0.140. The van der Waals surface area contributed by atoms with E-state index < -0.39 is 17.7 Å². The van der Waals surface area contributed by atoms with Crippen LogP contribution in [0.1, 0.15) is 22.7 Å². The molecule has 0 radical (unpaired) electrons. The molecule has 174 valence electrons. The Labute approximate surface area is 206 Å². The van der Waals surface area contributed by atoms with Gasteiger partial charge in [0.05, 0.1) is 23.2 Å². The molecule has 1 atom stereocenters. The van der Waals surface area contributed by atoms with Gasteiger partial charge in [0, 0.05) is 44.3 Å². The zero-order chi connectivity index (χ0) is 24.4. The third kappa shape index (κ3) is 4.41. The van der Waals surface area contributed by atoms with Crippen molar-refractivity contribution in [2.45, 2.75) is 12.6 Å². The maximum atomic E-state index is 13.2. The Bertz CT molecular complexity index is 1260. The lowest BCUT2D eigenvalue weighted by atomic mass is 9.95. The molecule has 1 fully saturated rings. The molecule has 8 heteroatoms. The van der Waals surface area contributed by atoms with E-state index in [1.165, 1.54) is 4.90 Å². The second-order valence-corrected chi connectivity index (χ2v) is 8.97. The Kier molecular flexibility index (Phi) is 6.70. The first-order valence-corrected chi connectivity index (χ1v) is 11.4. The minimum absolute atomic E-state index is 0.0497. The molecule has 0 aliphatic carbocycles. The highest BCUT2D eigenvalue weighted by atomic mass is 79.9. The second-order valence-electron chi connectivity index (χ2n) is 8.12. The SMILES string of the molecule is COc1ccc(/C(O)=C2/C(=O)C(=O)N(Cc3ccncc3)C2c2ccc(N(C)C)cc2)cc1Br. The average Bonchev–Trinajstić information content (AvgIpc) is 3.09. The summed E-state index contributed by atoms with van der Waals surface area (Å²) in [5.74, 6) is -1.03. The first kappa shape index (κ1) is 23.5. The number of aliphatic hydroxyl groups excluding tert-OH is 1. The summed E-state index contributed by atoms with van der Waals surface area (Å²) in [5, 5.41) is 11.3. The number of hydrogen-bond acceptors (Lipinski definition) is 6. The second kappa shape index (κ2) is 9.69. The number of benzene rings is 2. The van der Waals surface area contributed by atoms with Gasteiger partial charge < -0.3 is 19.6 Å². The lowest BCUT2D eigenvalue weighted by Crippen LogP contribution is -2.29. The minimum Gasteiger partial charge on any atom is -0.507 e. The van der Waals surface area contributed by atoms with Gasteiger partial charge in [0.15, 0.2) is 0 Å². The van der Waals surface area contributed by atoms with Crippen molar-refractivity contribution >= 4 is 39.1 Å². The van der Waals surface area contributed by atoms with Crippen LogP contribution in [0.3, 0.4) is 0 Å². The van der Waals surface area contributed by atoms with E-state index in [9.17, 15) is 14.7 Å².